The van der Waals surface area contributed by atoms with Crippen LogP contribution in [0.4, 0.5) is 11.4 Å². The Balaban J connectivity index is 1.86. The standard InChI is InChI=1S/C18H19BrN2O3/c1-23-17-7-6-13(19)12-14(17)18(22)20-15-4-2-3-5-16(15)21-8-10-24-11-9-21/h2-7,12H,8-11H2,1H3,(H,20,22). The van der Waals surface area contributed by atoms with Crippen molar-refractivity contribution in [2.45, 2.75) is 0 Å². The molecule has 6 heteroatoms. The number of anilines is 2. The first-order chi connectivity index (χ1) is 11.7. The van der Waals surface area contributed by atoms with Gasteiger partial charge in [0, 0.05) is 17.6 Å². The number of ether oxygens (including phenoxy) is 2. The molecule has 0 radical (unpaired) electrons. The van der Waals surface area contributed by atoms with Crippen LogP contribution in [0.25, 0.3) is 0 Å². The summed E-state index contributed by atoms with van der Waals surface area (Å²) in [6, 6.07) is 13.2. The average Bonchev–Trinajstić information content (AvgIpc) is 2.63. The second kappa shape index (κ2) is 7.68. The number of amides is 1. The van der Waals surface area contributed by atoms with Gasteiger partial charge in [0.25, 0.3) is 5.91 Å². The zero-order chi connectivity index (χ0) is 16.9. The lowest BCUT2D eigenvalue weighted by molar-refractivity contribution is 0.102. The highest BCUT2D eigenvalue weighted by Crippen LogP contribution is 2.29. The average molecular weight is 391 g/mol. The highest BCUT2D eigenvalue weighted by atomic mass is 79.9. The fourth-order valence-corrected chi connectivity index (χ4v) is 3.07. The van der Waals surface area contributed by atoms with Crippen LogP contribution >= 0.6 is 15.9 Å². The molecule has 126 valence electrons. The minimum atomic E-state index is -0.200. The van der Waals surface area contributed by atoms with Crippen LogP contribution in [-0.2, 0) is 4.74 Å². The minimum absolute atomic E-state index is 0.200. The maximum atomic E-state index is 12.7. The van der Waals surface area contributed by atoms with Gasteiger partial charge in [-0.05, 0) is 30.3 Å². The number of morpholine rings is 1. The van der Waals surface area contributed by atoms with Crippen LogP contribution in [0.3, 0.4) is 0 Å². The van der Waals surface area contributed by atoms with Crippen LogP contribution in [-0.4, -0.2) is 39.3 Å². The van der Waals surface area contributed by atoms with Crippen molar-refractivity contribution in [3.8, 4) is 5.75 Å². The van der Waals surface area contributed by atoms with Crippen LogP contribution in [0.15, 0.2) is 46.9 Å². The summed E-state index contributed by atoms with van der Waals surface area (Å²) >= 11 is 3.40. The van der Waals surface area contributed by atoms with Gasteiger partial charge in [0.15, 0.2) is 0 Å². The summed E-state index contributed by atoms with van der Waals surface area (Å²) in [4.78, 5) is 14.9. The molecular weight excluding hydrogens is 372 g/mol. The summed E-state index contributed by atoms with van der Waals surface area (Å²) in [5.41, 5.74) is 2.28. The molecule has 0 unspecified atom stereocenters. The van der Waals surface area contributed by atoms with Crippen molar-refractivity contribution < 1.29 is 14.3 Å². The highest BCUT2D eigenvalue weighted by Gasteiger charge is 2.18. The van der Waals surface area contributed by atoms with E-state index < -0.39 is 0 Å². The van der Waals surface area contributed by atoms with Crippen LogP contribution in [0.5, 0.6) is 5.75 Å². The molecule has 5 nitrogen and oxygen atoms in total. The van der Waals surface area contributed by atoms with Gasteiger partial charge >= 0.3 is 0 Å². The molecule has 0 atom stereocenters. The van der Waals surface area contributed by atoms with Crippen molar-refractivity contribution in [2.24, 2.45) is 0 Å². The molecule has 0 saturated carbocycles. The van der Waals surface area contributed by atoms with Crippen molar-refractivity contribution in [1.29, 1.82) is 0 Å². The normalized spacial score (nSPS) is 14.3. The van der Waals surface area contributed by atoms with Gasteiger partial charge in [0.1, 0.15) is 5.75 Å². The number of halogens is 1. The molecular formula is C18H19BrN2O3. The Morgan fingerprint density at radius 1 is 1.21 bits per heavy atom. The number of carbonyl (C=O) groups excluding carboxylic acids is 1. The van der Waals surface area contributed by atoms with E-state index >= 15 is 0 Å². The van der Waals surface area contributed by atoms with Gasteiger partial charge < -0.3 is 19.7 Å². The van der Waals surface area contributed by atoms with Gasteiger partial charge in [-0.15, -0.1) is 0 Å². The maximum absolute atomic E-state index is 12.7. The number of carbonyl (C=O) groups is 1. The topological polar surface area (TPSA) is 50.8 Å². The highest BCUT2D eigenvalue weighted by molar-refractivity contribution is 9.10. The molecule has 0 bridgehead atoms. The van der Waals surface area contributed by atoms with E-state index in [9.17, 15) is 4.79 Å². The van der Waals surface area contributed by atoms with Gasteiger partial charge in [-0.1, -0.05) is 28.1 Å². The predicted octanol–water partition coefficient (Wildman–Crippen LogP) is 3.55. The van der Waals surface area contributed by atoms with Crippen molar-refractivity contribution in [2.75, 3.05) is 43.6 Å². The van der Waals surface area contributed by atoms with E-state index in [1.54, 1.807) is 19.2 Å². The van der Waals surface area contributed by atoms with E-state index in [2.05, 4.69) is 26.1 Å². The molecule has 24 heavy (non-hydrogen) atoms. The largest absolute Gasteiger partial charge is 0.496 e. The number of hydrogen-bond acceptors (Lipinski definition) is 4. The van der Waals surface area contributed by atoms with Crippen molar-refractivity contribution in [3.63, 3.8) is 0 Å². The molecule has 1 N–H and O–H groups in total. The summed E-state index contributed by atoms with van der Waals surface area (Å²) in [5, 5.41) is 3.00. The number of methoxy groups -OCH3 is 1. The summed E-state index contributed by atoms with van der Waals surface area (Å²) in [6.07, 6.45) is 0. The SMILES string of the molecule is COc1ccc(Br)cc1C(=O)Nc1ccccc1N1CCOCC1. The van der Waals surface area contributed by atoms with Crippen LogP contribution in [0.2, 0.25) is 0 Å². The number of para-hydroxylation sites is 2. The fourth-order valence-electron chi connectivity index (χ4n) is 2.71. The molecule has 1 aliphatic heterocycles. The smallest absolute Gasteiger partial charge is 0.259 e. The van der Waals surface area contributed by atoms with Gasteiger partial charge in [-0.3, -0.25) is 4.79 Å². The van der Waals surface area contributed by atoms with Crippen molar-refractivity contribution >= 4 is 33.2 Å². The summed E-state index contributed by atoms with van der Waals surface area (Å²) in [6.45, 7) is 3.02. The zero-order valence-corrected chi connectivity index (χ0v) is 15.0. The zero-order valence-electron chi connectivity index (χ0n) is 13.4. The van der Waals surface area contributed by atoms with Crippen molar-refractivity contribution in [3.05, 3.63) is 52.5 Å². The number of benzene rings is 2. The quantitative estimate of drug-likeness (QED) is 0.866. The second-order valence-corrected chi connectivity index (χ2v) is 6.33. The van der Waals surface area contributed by atoms with E-state index in [4.69, 9.17) is 9.47 Å². The Bertz CT molecular complexity index is 730. The molecule has 2 aromatic carbocycles. The van der Waals surface area contributed by atoms with E-state index in [0.717, 1.165) is 28.9 Å². The van der Waals surface area contributed by atoms with Crippen LogP contribution in [0.1, 0.15) is 10.4 Å². The Morgan fingerprint density at radius 2 is 1.96 bits per heavy atom. The van der Waals surface area contributed by atoms with E-state index in [1.165, 1.54) is 0 Å². The third-order valence-corrected chi connectivity index (χ3v) is 4.40. The summed E-state index contributed by atoms with van der Waals surface area (Å²) < 4.78 is 11.5. The first kappa shape index (κ1) is 16.8. The van der Waals surface area contributed by atoms with Gasteiger partial charge in [0.05, 0.1) is 37.3 Å². The maximum Gasteiger partial charge on any atom is 0.259 e. The van der Waals surface area contributed by atoms with E-state index in [-0.39, 0.29) is 5.91 Å². The lowest BCUT2D eigenvalue weighted by Gasteiger charge is -2.30. The molecule has 0 spiro atoms. The molecule has 2 aromatic rings. The first-order valence-electron chi connectivity index (χ1n) is 7.75. The lowest BCUT2D eigenvalue weighted by atomic mass is 10.1. The molecule has 1 fully saturated rings. The predicted molar refractivity (Wildman–Crippen MR) is 98.1 cm³/mol. The van der Waals surface area contributed by atoms with E-state index in [1.807, 2.05) is 30.3 Å². The van der Waals surface area contributed by atoms with Crippen LogP contribution in [0, 0.1) is 0 Å². The summed E-state index contributed by atoms with van der Waals surface area (Å²) in [7, 11) is 1.56. The van der Waals surface area contributed by atoms with Gasteiger partial charge in [-0.25, -0.2) is 0 Å². The number of nitrogens with zero attached hydrogens (tertiary/aromatic N) is 1. The Labute approximate surface area is 149 Å². The molecule has 1 saturated heterocycles. The van der Waals surface area contributed by atoms with Crippen molar-refractivity contribution in [1.82, 2.24) is 0 Å². The van der Waals surface area contributed by atoms with E-state index in [0.29, 0.717) is 24.5 Å². The lowest BCUT2D eigenvalue weighted by Crippen LogP contribution is -2.36. The fraction of sp³-hybridized carbons (Fsp3) is 0.278. The molecule has 1 heterocycles. The second-order valence-electron chi connectivity index (χ2n) is 5.42. The monoisotopic (exact) mass is 390 g/mol. The Hall–Kier alpha value is -2.05. The minimum Gasteiger partial charge on any atom is -0.496 e. The van der Waals surface area contributed by atoms with Gasteiger partial charge in [-0.2, -0.15) is 0 Å². The van der Waals surface area contributed by atoms with Crippen LogP contribution < -0.4 is 15.0 Å². The number of nitrogens with one attached hydrogen (secondary N) is 1. The molecule has 3 rings (SSSR count). The first-order valence-corrected chi connectivity index (χ1v) is 8.55. The molecule has 0 aromatic heterocycles. The number of hydrogen-bond donors (Lipinski definition) is 1. The third kappa shape index (κ3) is 3.71. The third-order valence-electron chi connectivity index (χ3n) is 3.91. The van der Waals surface area contributed by atoms with Gasteiger partial charge in [0.2, 0.25) is 0 Å². The molecule has 1 aliphatic rings. The Kier molecular flexibility index (Phi) is 5.37. The Morgan fingerprint density at radius 3 is 2.71 bits per heavy atom. The molecule has 0 aliphatic carbocycles. The molecule has 1 amide bonds. The summed E-state index contributed by atoms with van der Waals surface area (Å²) in [5.74, 6) is 0.341. The number of rotatable bonds is 4.